The molecule has 5 nitrogen and oxygen atoms in total. The van der Waals surface area contributed by atoms with Gasteiger partial charge < -0.3 is 14.6 Å². The summed E-state index contributed by atoms with van der Waals surface area (Å²) in [6.07, 6.45) is 4.14. The third-order valence-electron chi connectivity index (χ3n) is 4.08. The molecule has 0 saturated heterocycles. The lowest BCUT2D eigenvalue weighted by Crippen LogP contribution is -2.38. The Kier molecular flexibility index (Phi) is 4.37. The molecule has 1 aromatic heterocycles. The van der Waals surface area contributed by atoms with E-state index < -0.39 is 0 Å². The fraction of sp³-hybridized carbons (Fsp3) is 0.867. The van der Waals surface area contributed by atoms with Crippen LogP contribution in [0.1, 0.15) is 66.1 Å². The van der Waals surface area contributed by atoms with Crippen molar-refractivity contribution in [3.05, 3.63) is 5.82 Å². The molecule has 0 spiro atoms. The highest BCUT2D eigenvalue weighted by atomic mass is 16.5. The van der Waals surface area contributed by atoms with Crippen molar-refractivity contribution in [2.24, 2.45) is 5.41 Å². The first-order valence-corrected chi connectivity index (χ1v) is 7.62. The third kappa shape index (κ3) is 3.32. The molecule has 0 amide bonds. The van der Waals surface area contributed by atoms with Gasteiger partial charge in [0.15, 0.2) is 0 Å². The highest BCUT2D eigenvalue weighted by Crippen LogP contribution is 2.46. The zero-order valence-corrected chi connectivity index (χ0v) is 13.3. The van der Waals surface area contributed by atoms with E-state index in [2.05, 4.69) is 29.3 Å². The van der Waals surface area contributed by atoms with Crippen LogP contribution in [0.2, 0.25) is 0 Å². The molecule has 2 rings (SSSR count). The summed E-state index contributed by atoms with van der Waals surface area (Å²) in [5, 5.41) is 7.30. The fourth-order valence-electron chi connectivity index (χ4n) is 2.75. The Morgan fingerprint density at radius 2 is 1.90 bits per heavy atom. The Morgan fingerprint density at radius 3 is 2.45 bits per heavy atom. The molecule has 0 aliphatic heterocycles. The number of rotatable bonds is 5. The van der Waals surface area contributed by atoms with Crippen LogP contribution in [-0.4, -0.2) is 22.8 Å². The maximum absolute atomic E-state index is 6.06. The normalized spacial score (nSPS) is 21.1. The molecule has 1 aliphatic rings. The summed E-state index contributed by atoms with van der Waals surface area (Å²) in [4.78, 5) is 4.50. The van der Waals surface area contributed by atoms with Crippen LogP contribution in [0, 0.1) is 5.41 Å². The van der Waals surface area contributed by atoms with Gasteiger partial charge in [-0.15, -0.1) is 0 Å². The Labute approximate surface area is 121 Å². The van der Waals surface area contributed by atoms with Crippen LogP contribution in [0.5, 0.6) is 0 Å². The minimum Gasteiger partial charge on any atom is -0.367 e. The molecule has 1 heterocycles. The van der Waals surface area contributed by atoms with Crippen LogP contribution in [0.25, 0.3) is 0 Å². The molecule has 114 valence electrons. The molecule has 0 unspecified atom stereocenters. The van der Waals surface area contributed by atoms with Gasteiger partial charge in [-0.05, 0) is 51.9 Å². The summed E-state index contributed by atoms with van der Waals surface area (Å²) >= 11 is 0. The van der Waals surface area contributed by atoms with Gasteiger partial charge in [0.1, 0.15) is 5.60 Å². The second-order valence-corrected chi connectivity index (χ2v) is 6.81. The van der Waals surface area contributed by atoms with E-state index in [-0.39, 0.29) is 11.6 Å². The Morgan fingerprint density at radius 1 is 1.25 bits per heavy atom. The van der Waals surface area contributed by atoms with Crippen molar-refractivity contribution in [2.45, 2.75) is 71.9 Å². The third-order valence-corrected chi connectivity index (χ3v) is 4.08. The zero-order chi connectivity index (χ0) is 14.8. The number of hydrogen-bond acceptors (Lipinski definition) is 5. The molecule has 0 atom stereocenters. The van der Waals surface area contributed by atoms with Gasteiger partial charge in [0.05, 0.1) is 0 Å². The van der Waals surface area contributed by atoms with Crippen molar-refractivity contribution in [3.63, 3.8) is 0 Å². The maximum Gasteiger partial charge on any atom is 0.321 e. The Hall–Kier alpha value is -1.10. The topological polar surface area (TPSA) is 60.2 Å². The number of nitrogens with zero attached hydrogens (tertiary/aromatic N) is 2. The lowest BCUT2D eigenvalue weighted by Gasteiger charge is -2.41. The zero-order valence-electron chi connectivity index (χ0n) is 13.3. The van der Waals surface area contributed by atoms with Crippen molar-refractivity contribution < 1.29 is 9.26 Å². The van der Waals surface area contributed by atoms with Crippen molar-refractivity contribution in [1.29, 1.82) is 0 Å². The largest absolute Gasteiger partial charge is 0.367 e. The van der Waals surface area contributed by atoms with Gasteiger partial charge in [-0.25, -0.2) is 0 Å². The summed E-state index contributed by atoms with van der Waals surface area (Å²) in [5.74, 6) is 0.693. The average molecular weight is 281 g/mol. The standard InChI is InChI=1S/C15H27N3O2/c1-6-19-15(9-7-14(4,5)8-10-15)12-17-13(20-18-12)16-11(2)3/h11H,6-10H2,1-5H3,(H,16,17,18). The first-order valence-electron chi connectivity index (χ1n) is 7.62. The maximum atomic E-state index is 6.06. The van der Waals surface area contributed by atoms with Crippen LogP contribution in [0.15, 0.2) is 4.52 Å². The van der Waals surface area contributed by atoms with E-state index >= 15 is 0 Å². The minimum atomic E-state index is -0.370. The van der Waals surface area contributed by atoms with Gasteiger partial charge in [0.2, 0.25) is 5.82 Å². The summed E-state index contributed by atoms with van der Waals surface area (Å²) in [5.41, 5.74) is 0.00797. The predicted octanol–water partition coefficient (Wildman–Crippen LogP) is 3.72. The van der Waals surface area contributed by atoms with Crippen molar-refractivity contribution in [2.75, 3.05) is 11.9 Å². The van der Waals surface area contributed by atoms with Gasteiger partial charge in [-0.2, -0.15) is 4.98 Å². The summed E-state index contributed by atoms with van der Waals surface area (Å²) in [6, 6.07) is 0.760. The molecular formula is C15H27N3O2. The van der Waals surface area contributed by atoms with Gasteiger partial charge >= 0.3 is 6.01 Å². The van der Waals surface area contributed by atoms with E-state index in [0.717, 1.165) is 25.7 Å². The summed E-state index contributed by atoms with van der Waals surface area (Å²) in [7, 11) is 0. The number of nitrogens with one attached hydrogen (secondary N) is 1. The average Bonchev–Trinajstić information content (AvgIpc) is 2.81. The Balaban J connectivity index is 2.18. The van der Waals surface area contributed by atoms with Gasteiger partial charge in [-0.3, -0.25) is 0 Å². The lowest BCUT2D eigenvalue weighted by atomic mass is 9.70. The fourth-order valence-corrected chi connectivity index (χ4v) is 2.75. The van der Waals surface area contributed by atoms with Gasteiger partial charge in [0.25, 0.3) is 0 Å². The highest BCUT2D eigenvalue weighted by molar-refractivity contribution is 5.21. The highest BCUT2D eigenvalue weighted by Gasteiger charge is 2.43. The first-order chi connectivity index (χ1) is 9.37. The van der Waals surface area contributed by atoms with E-state index in [1.165, 1.54) is 0 Å². The molecular weight excluding hydrogens is 254 g/mol. The molecule has 1 aromatic rings. The van der Waals surface area contributed by atoms with Crippen LogP contribution in [0.3, 0.4) is 0 Å². The van der Waals surface area contributed by atoms with Gasteiger partial charge in [-0.1, -0.05) is 19.0 Å². The lowest BCUT2D eigenvalue weighted by molar-refractivity contribution is -0.0957. The van der Waals surface area contributed by atoms with Crippen LogP contribution in [0.4, 0.5) is 6.01 Å². The van der Waals surface area contributed by atoms with E-state index in [1.807, 2.05) is 20.8 Å². The van der Waals surface area contributed by atoms with Crippen LogP contribution < -0.4 is 5.32 Å². The van der Waals surface area contributed by atoms with Gasteiger partial charge in [0, 0.05) is 12.6 Å². The van der Waals surface area contributed by atoms with E-state index in [4.69, 9.17) is 9.26 Å². The number of aromatic nitrogens is 2. The van der Waals surface area contributed by atoms with Crippen molar-refractivity contribution in [3.8, 4) is 0 Å². The molecule has 1 fully saturated rings. The molecule has 1 saturated carbocycles. The van der Waals surface area contributed by atoms with Crippen LogP contribution in [-0.2, 0) is 10.3 Å². The van der Waals surface area contributed by atoms with E-state index in [9.17, 15) is 0 Å². The molecule has 5 heteroatoms. The minimum absolute atomic E-state index is 0.275. The SMILES string of the molecule is CCOC1(c2noc(NC(C)C)n2)CCC(C)(C)CC1. The van der Waals surface area contributed by atoms with Crippen molar-refractivity contribution >= 4 is 6.01 Å². The van der Waals surface area contributed by atoms with E-state index in [1.54, 1.807) is 0 Å². The quantitative estimate of drug-likeness (QED) is 0.891. The smallest absolute Gasteiger partial charge is 0.321 e. The molecule has 1 N–H and O–H groups in total. The first kappa shape index (κ1) is 15.3. The number of ether oxygens (including phenoxy) is 1. The van der Waals surface area contributed by atoms with Crippen molar-refractivity contribution in [1.82, 2.24) is 10.1 Å². The van der Waals surface area contributed by atoms with E-state index in [0.29, 0.717) is 23.9 Å². The monoisotopic (exact) mass is 281 g/mol. The molecule has 1 aliphatic carbocycles. The molecule has 0 bridgehead atoms. The molecule has 0 aromatic carbocycles. The predicted molar refractivity (Wildman–Crippen MR) is 78.6 cm³/mol. The van der Waals surface area contributed by atoms with Crippen LogP contribution >= 0.6 is 0 Å². The summed E-state index contributed by atoms with van der Waals surface area (Å²) < 4.78 is 11.4. The second kappa shape index (κ2) is 5.72. The second-order valence-electron chi connectivity index (χ2n) is 6.81. The molecule has 20 heavy (non-hydrogen) atoms. The number of hydrogen-bond donors (Lipinski definition) is 1. The number of anilines is 1. The summed E-state index contributed by atoms with van der Waals surface area (Å²) in [6.45, 7) is 11.4. The molecule has 0 radical (unpaired) electrons. The Bertz CT molecular complexity index is 430.